The molecule has 1 atom stereocenters. The van der Waals surface area contributed by atoms with E-state index in [2.05, 4.69) is 5.10 Å². The van der Waals surface area contributed by atoms with Gasteiger partial charge < -0.3 is 5.11 Å². The standard InChI is InChI=1S/C14H13Cl2F3N2O3S/c15-10-2-1-9(12(16)5-10)7-25(23,24)8-11(22)6-21-4-3-13(20-21)14(17,18)19/h1-5,11,22H,6-8H2/t11-/m0/s1. The fourth-order valence-electron chi connectivity index (χ4n) is 2.11. The van der Waals surface area contributed by atoms with Crippen LogP contribution in [0.1, 0.15) is 11.3 Å². The van der Waals surface area contributed by atoms with Crippen LogP contribution >= 0.6 is 23.2 Å². The lowest BCUT2D eigenvalue weighted by Gasteiger charge is -2.12. The Morgan fingerprint density at radius 3 is 2.48 bits per heavy atom. The highest BCUT2D eigenvalue weighted by Crippen LogP contribution is 2.27. The van der Waals surface area contributed by atoms with Crippen molar-refractivity contribution in [2.45, 2.75) is 24.6 Å². The van der Waals surface area contributed by atoms with E-state index >= 15 is 0 Å². The molecule has 1 aromatic heterocycles. The van der Waals surface area contributed by atoms with Gasteiger partial charge >= 0.3 is 6.18 Å². The molecule has 0 unspecified atom stereocenters. The number of nitrogens with zero attached hydrogens (tertiary/aromatic N) is 2. The minimum Gasteiger partial charge on any atom is -0.390 e. The minimum absolute atomic E-state index is 0.174. The highest BCUT2D eigenvalue weighted by molar-refractivity contribution is 7.90. The van der Waals surface area contributed by atoms with Gasteiger partial charge in [0.15, 0.2) is 15.5 Å². The van der Waals surface area contributed by atoms with Crippen molar-refractivity contribution >= 4 is 33.0 Å². The molecule has 1 heterocycles. The van der Waals surface area contributed by atoms with Crippen LogP contribution in [0.4, 0.5) is 13.2 Å². The fraction of sp³-hybridized carbons (Fsp3) is 0.357. The normalized spacial score (nSPS) is 13.8. The Hall–Kier alpha value is -1.29. The summed E-state index contributed by atoms with van der Waals surface area (Å²) in [7, 11) is -3.75. The number of aliphatic hydroxyl groups excluding tert-OH is 1. The molecule has 0 saturated heterocycles. The Labute approximate surface area is 151 Å². The molecule has 0 aliphatic carbocycles. The third-order valence-corrected chi connectivity index (χ3v) is 5.40. The average Bonchev–Trinajstić information content (AvgIpc) is 2.89. The highest BCUT2D eigenvalue weighted by Gasteiger charge is 2.33. The molecule has 0 aliphatic heterocycles. The van der Waals surface area contributed by atoms with E-state index in [1.165, 1.54) is 18.2 Å². The summed E-state index contributed by atoms with van der Waals surface area (Å²) in [5.41, 5.74) is -0.799. The molecule has 0 radical (unpaired) electrons. The Morgan fingerprint density at radius 2 is 1.92 bits per heavy atom. The van der Waals surface area contributed by atoms with Crippen LogP contribution in [0.2, 0.25) is 10.0 Å². The lowest BCUT2D eigenvalue weighted by molar-refractivity contribution is -0.141. The van der Waals surface area contributed by atoms with Gasteiger partial charge in [-0.25, -0.2) is 8.42 Å². The van der Waals surface area contributed by atoms with E-state index in [0.29, 0.717) is 10.6 Å². The molecule has 0 bridgehead atoms. The van der Waals surface area contributed by atoms with Crippen LogP contribution in [0, 0.1) is 0 Å². The van der Waals surface area contributed by atoms with Crippen molar-refractivity contribution in [1.82, 2.24) is 9.78 Å². The molecule has 1 aromatic carbocycles. The van der Waals surface area contributed by atoms with Gasteiger partial charge in [-0.1, -0.05) is 29.3 Å². The summed E-state index contributed by atoms with van der Waals surface area (Å²) in [5, 5.41) is 13.7. The van der Waals surface area contributed by atoms with E-state index in [4.69, 9.17) is 23.2 Å². The van der Waals surface area contributed by atoms with E-state index in [9.17, 15) is 26.7 Å². The van der Waals surface area contributed by atoms with Crippen LogP contribution in [0.5, 0.6) is 0 Å². The van der Waals surface area contributed by atoms with Gasteiger partial charge in [0.05, 0.1) is 24.2 Å². The van der Waals surface area contributed by atoms with Gasteiger partial charge in [0.1, 0.15) is 0 Å². The first kappa shape index (κ1) is 20.0. The zero-order valence-electron chi connectivity index (χ0n) is 12.5. The van der Waals surface area contributed by atoms with E-state index in [-0.39, 0.29) is 11.6 Å². The van der Waals surface area contributed by atoms with Gasteiger partial charge in [-0.2, -0.15) is 18.3 Å². The lowest BCUT2D eigenvalue weighted by Crippen LogP contribution is -2.27. The van der Waals surface area contributed by atoms with Gasteiger partial charge in [0.2, 0.25) is 0 Å². The predicted molar refractivity (Wildman–Crippen MR) is 87.2 cm³/mol. The SMILES string of the molecule is O=S(=O)(Cc1ccc(Cl)cc1Cl)C[C@@H](O)Cn1ccc(C(F)(F)F)n1. The topological polar surface area (TPSA) is 72.2 Å². The van der Waals surface area contributed by atoms with E-state index in [1.54, 1.807) is 0 Å². The summed E-state index contributed by atoms with van der Waals surface area (Å²) in [6, 6.07) is 5.08. The number of aromatic nitrogens is 2. The largest absolute Gasteiger partial charge is 0.435 e. The maximum absolute atomic E-state index is 12.5. The van der Waals surface area contributed by atoms with Crippen molar-refractivity contribution in [2.24, 2.45) is 0 Å². The van der Waals surface area contributed by atoms with E-state index < -0.39 is 39.3 Å². The molecule has 138 valence electrons. The van der Waals surface area contributed by atoms with Crippen molar-refractivity contribution in [3.8, 4) is 0 Å². The molecule has 25 heavy (non-hydrogen) atoms. The Balaban J connectivity index is 2.01. The van der Waals surface area contributed by atoms with Crippen molar-refractivity contribution in [3.63, 3.8) is 0 Å². The number of hydrogen-bond acceptors (Lipinski definition) is 4. The third kappa shape index (κ3) is 5.88. The molecule has 2 rings (SSSR count). The lowest BCUT2D eigenvalue weighted by atomic mass is 10.2. The summed E-state index contributed by atoms with van der Waals surface area (Å²) in [6.07, 6.45) is -5.00. The molecule has 0 aliphatic rings. The first-order valence-corrected chi connectivity index (χ1v) is 9.47. The number of alkyl halides is 3. The minimum atomic E-state index is -4.60. The van der Waals surface area contributed by atoms with Gasteiger partial charge in [0.25, 0.3) is 0 Å². The highest BCUT2D eigenvalue weighted by atomic mass is 35.5. The first-order chi connectivity index (χ1) is 11.5. The van der Waals surface area contributed by atoms with Crippen LogP contribution in [-0.2, 0) is 28.3 Å². The van der Waals surface area contributed by atoms with Crippen molar-refractivity contribution in [1.29, 1.82) is 0 Å². The van der Waals surface area contributed by atoms with Crippen molar-refractivity contribution in [3.05, 3.63) is 51.8 Å². The number of benzene rings is 1. The number of aliphatic hydroxyl groups is 1. The molecule has 0 amide bonds. The van der Waals surface area contributed by atoms with Crippen LogP contribution < -0.4 is 0 Å². The Morgan fingerprint density at radius 1 is 1.24 bits per heavy atom. The maximum atomic E-state index is 12.5. The number of sulfone groups is 1. The summed E-state index contributed by atoms with van der Waals surface area (Å²) in [5.74, 6) is -1.07. The molecule has 2 aromatic rings. The predicted octanol–water partition coefficient (Wildman–Crippen LogP) is 3.18. The number of hydrogen-bond donors (Lipinski definition) is 1. The molecule has 1 N–H and O–H groups in total. The molecular weight excluding hydrogens is 404 g/mol. The first-order valence-electron chi connectivity index (χ1n) is 6.89. The molecular formula is C14H13Cl2F3N2O3S. The molecule has 0 fully saturated rings. The quantitative estimate of drug-likeness (QED) is 0.784. The van der Waals surface area contributed by atoms with Crippen LogP contribution in [-0.4, -0.2) is 35.2 Å². The van der Waals surface area contributed by atoms with Crippen molar-refractivity contribution < 1.29 is 26.7 Å². The summed E-state index contributed by atoms with van der Waals surface area (Å²) in [6.45, 7) is -0.385. The van der Waals surface area contributed by atoms with Gasteiger partial charge in [-0.3, -0.25) is 4.68 Å². The second-order valence-electron chi connectivity index (χ2n) is 5.36. The summed E-state index contributed by atoms with van der Waals surface area (Å²) >= 11 is 11.6. The number of halogens is 5. The summed E-state index contributed by atoms with van der Waals surface area (Å²) in [4.78, 5) is 0. The fourth-order valence-corrected chi connectivity index (χ4v) is 4.20. The smallest absolute Gasteiger partial charge is 0.390 e. The van der Waals surface area contributed by atoms with E-state index in [0.717, 1.165) is 16.9 Å². The monoisotopic (exact) mass is 416 g/mol. The van der Waals surface area contributed by atoms with Crippen LogP contribution in [0.15, 0.2) is 30.5 Å². The maximum Gasteiger partial charge on any atom is 0.435 e. The Bertz CT molecular complexity index is 853. The zero-order valence-corrected chi connectivity index (χ0v) is 14.9. The van der Waals surface area contributed by atoms with Crippen LogP contribution in [0.25, 0.3) is 0 Å². The molecule has 0 spiro atoms. The second-order valence-corrected chi connectivity index (χ2v) is 8.32. The van der Waals surface area contributed by atoms with Crippen molar-refractivity contribution in [2.75, 3.05) is 5.75 Å². The van der Waals surface area contributed by atoms with Gasteiger partial charge in [-0.05, 0) is 23.8 Å². The molecule has 5 nitrogen and oxygen atoms in total. The third-order valence-electron chi connectivity index (χ3n) is 3.17. The summed E-state index contributed by atoms with van der Waals surface area (Å²) < 4.78 is 62.5. The average molecular weight is 417 g/mol. The van der Waals surface area contributed by atoms with Crippen LogP contribution in [0.3, 0.4) is 0 Å². The van der Waals surface area contributed by atoms with Gasteiger partial charge in [-0.15, -0.1) is 0 Å². The molecule has 0 saturated carbocycles. The second kappa shape index (κ2) is 7.53. The van der Waals surface area contributed by atoms with Gasteiger partial charge in [0, 0.05) is 16.2 Å². The molecule has 11 heteroatoms. The number of rotatable bonds is 6. The van der Waals surface area contributed by atoms with E-state index in [1.807, 2.05) is 0 Å². The zero-order chi connectivity index (χ0) is 18.8. The Kier molecular flexibility index (Phi) is 6.03.